The Morgan fingerprint density at radius 2 is 2.00 bits per heavy atom. The molecule has 0 fully saturated rings. The zero-order valence-corrected chi connectivity index (χ0v) is 12.7. The van der Waals surface area contributed by atoms with E-state index in [1.54, 1.807) is 0 Å². The smallest absolute Gasteiger partial charge is 0.131 e. The van der Waals surface area contributed by atoms with Crippen LogP contribution in [0.3, 0.4) is 0 Å². The second-order valence-corrected chi connectivity index (χ2v) is 5.07. The fraction of sp³-hybridized carbons (Fsp3) is 0.467. The van der Waals surface area contributed by atoms with Crippen LogP contribution in [0, 0.1) is 6.92 Å². The van der Waals surface area contributed by atoms with Crippen molar-refractivity contribution in [1.29, 1.82) is 0 Å². The van der Waals surface area contributed by atoms with Gasteiger partial charge in [-0.25, -0.2) is 0 Å². The van der Waals surface area contributed by atoms with Gasteiger partial charge < -0.3 is 10.2 Å². The van der Waals surface area contributed by atoms with Gasteiger partial charge in [-0.2, -0.15) is 5.10 Å². The van der Waals surface area contributed by atoms with Gasteiger partial charge >= 0.3 is 0 Å². The average Bonchev–Trinajstić information content (AvgIpc) is 2.72. The quantitative estimate of drug-likeness (QED) is 0.867. The maximum Gasteiger partial charge on any atom is 0.131 e. The number of aryl methyl sites for hydroxylation is 2. The fourth-order valence-corrected chi connectivity index (χ4v) is 2.50. The molecule has 2 aromatic heterocycles. The predicted molar refractivity (Wildman–Crippen MR) is 81.9 cm³/mol. The molecule has 0 aromatic carbocycles. The van der Waals surface area contributed by atoms with Crippen LogP contribution in [-0.4, -0.2) is 35.4 Å². The van der Waals surface area contributed by atoms with Crippen molar-refractivity contribution < 1.29 is 0 Å². The first-order valence-electron chi connectivity index (χ1n) is 6.90. The lowest BCUT2D eigenvalue weighted by atomic mass is 10.2. The van der Waals surface area contributed by atoms with Gasteiger partial charge in [0.2, 0.25) is 0 Å². The van der Waals surface area contributed by atoms with E-state index in [4.69, 9.17) is 0 Å². The summed E-state index contributed by atoms with van der Waals surface area (Å²) in [7, 11) is 6.09. The van der Waals surface area contributed by atoms with Crippen molar-refractivity contribution in [3.63, 3.8) is 0 Å². The minimum Gasteiger partial charge on any atom is -0.359 e. The van der Waals surface area contributed by atoms with E-state index < -0.39 is 0 Å². The molecule has 0 amide bonds. The van der Waals surface area contributed by atoms with E-state index in [2.05, 4.69) is 46.4 Å². The number of hydrogen-bond donors (Lipinski definition) is 1. The SMILES string of the molecule is CNCc1c(C)nn(C)c1N(C)CCc1ccncc1. The lowest BCUT2D eigenvalue weighted by molar-refractivity contribution is 0.720. The van der Waals surface area contributed by atoms with Crippen molar-refractivity contribution in [3.05, 3.63) is 41.3 Å². The van der Waals surface area contributed by atoms with Crippen molar-refractivity contribution in [2.24, 2.45) is 7.05 Å². The number of rotatable bonds is 6. The number of nitrogens with one attached hydrogen (secondary N) is 1. The van der Waals surface area contributed by atoms with Gasteiger partial charge in [0, 0.05) is 45.1 Å². The Hall–Kier alpha value is -1.88. The van der Waals surface area contributed by atoms with Crippen LogP contribution in [0.2, 0.25) is 0 Å². The van der Waals surface area contributed by atoms with E-state index in [1.165, 1.54) is 16.9 Å². The zero-order chi connectivity index (χ0) is 14.5. The van der Waals surface area contributed by atoms with E-state index >= 15 is 0 Å². The standard InChI is InChI=1S/C15H23N5/c1-12-14(11-16-2)15(20(4)18-12)19(3)10-7-13-5-8-17-9-6-13/h5-6,8-9,16H,7,10-11H2,1-4H3. The topological polar surface area (TPSA) is 46.0 Å². The van der Waals surface area contributed by atoms with Crippen LogP contribution in [0.1, 0.15) is 16.8 Å². The molecule has 5 nitrogen and oxygen atoms in total. The first-order chi connectivity index (χ1) is 9.63. The molecule has 2 aromatic rings. The summed E-state index contributed by atoms with van der Waals surface area (Å²) in [5.74, 6) is 1.19. The molecule has 0 aliphatic rings. The van der Waals surface area contributed by atoms with Crippen LogP contribution in [0.15, 0.2) is 24.5 Å². The molecule has 2 rings (SSSR count). The molecule has 0 unspecified atom stereocenters. The van der Waals surface area contributed by atoms with Crippen LogP contribution >= 0.6 is 0 Å². The van der Waals surface area contributed by atoms with Gasteiger partial charge in [-0.05, 0) is 38.1 Å². The van der Waals surface area contributed by atoms with E-state index in [0.29, 0.717) is 0 Å². The number of nitrogens with zero attached hydrogens (tertiary/aromatic N) is 4. The molecule has 2 heterocycles. The Morgan fingerprint density at radius 1 is 1.30 bits per heavy atom. The van der Waals surface area contributed by atoms with Crippen molar-refractivity contribution >= 4 is 5.82 Å². The molecule has 0 saturated carbocycles. The van der Waals surface area contributed by atoms with Crippen LogP contribution in [0.5, 0.6) is 0 Å². The van der Waals surface area contributed by atoms with E-state index in [0.717, 1.165) is 25.2 Å². The van der Waals surface area contributed by atoms with Gasteiger partial charge in [0.25, 0.3) is 0 Å². The maximum atomic E-state index is 4.53. The van der Waals surface area contributed by atoms with E-state index in [-0.39, 0.29) is 0 Å². The highest BCUT2D eigenvalue weighted by Gasteiger charge is 2.16. The highest BCUT2D eigenvalue weighted by atomic mass is 15.4. The Bertz CT molecular complexity index is 547. The summed E-state index contributed by atoms with van der Waals surface area (Å²) < 4.78 is 1.97. The third kappa shape index (κ3) is 3.17. The summed E-state index contributed by atoms with van der Waals surface area (Å²) in [5.41, 5.74) is 3.67. The molecule has 0 spiro atoms. The minimum atomic E-state index is 0.842. The van der Waals surface area contributed by atoms with Crippen molar-refractivity contribution in [3.8, 4) is 0 Å². The first-order valence-corrected chi connectivity index (χ1v) is 6.90. The second kappa shape index (κ2) is 6.52. The van der Waals surface area contributed by atoms with Gasteiger partial charge in [0.1, 0.15) is 5.82 Å². The number of hydrogen-bond acceptors (Lipinski definition) is 4. The molecule has 0 aliphatic heterocycles. The van der Waals surface area contributed by atoms with Gasteiger partial charge in [0.05, 0.1) is 5.69 Å². The second-order valence-electron chi connectivity index (χ2n) is 5.07. The number of pyridine rings is 1. The van der Waals surface area contributed by atoms with Crippen LogP contribution in [0.4, 0.5) is 5.82 Å². The van der Waals surface area contributed by atoms with Crippen molar-refractivity contribution in [2.45, 2.75) is 19.9 Å². The summed E-state index contributed by atoms with van der Waals surface area (Å²) in [4.78, 5) is 6.32. The van der Waals surface area contributed by atoms with Gasteiger partial charge in [-0.3, -0.25) is 9.67 Å². The van der Waals surface area contributed by atoms with Gasteiger partial charge in [-0.15, -0.1) is 0 Å². The first kappa shape index (κ1) is 14.5. The Labute approximate surface area is 120 Å². The van der Waals surface area contributed by atoms with Crippen LogP contribution < -0.4 is 10.2 Å². The normalized spacial score (nSPS) is 10.8. The number of likely N-dealkylation sites (N-methyl/N-ethyl adjacent to an activating group) is 1. The van der Waals surface area contributed by atoms with Crippen molar-refractivity contribution in [2.75, 3.05) is 25.5 Å². The molecular formula is C15H23N5. The van der Waals surface area contributed by atoms with Crippen LogP contribution in [-0.2, 0) is 20.0 Å². The third-order valence-corrected chi connectivity index (χ3v) is 3.51. The molecule has 0 bridgehead atoms. The molecule has 108 valence electrons. The maximum absolute atomic E-state index is 4.53. The molecule has 20 heavy (non-hydrogen) atoms. The van der Waals surface area contributed by atoms with Gasteiger partial charge in [0.15, 0.2) is 0 Å². The monoisotopic (exact) mass is 273 g/mol. The third-order valence-electron chi connectivity index (χ3n) is 3.51. The molecule has 0 saturated heterocycles. The van der Waals surface area contributed by atoms with E-state index in [9.17, 15) is 0 Å². The number of anilines is 1. The van der Waals surface area contributed by atoms with Gasteiger partial charge in [-0.1, -0.05) is 0 Å². The average molecular weight is 273 g/mol. The Morgan fingerprint density at radius 3 is 2.65 bits per heavy atom. The highest BCUT2D eigenvalue weighted by molar-refractivity contribution is 5.49. The largest absolute Gasteiger partial charge is 0.359 e. The van der Waals surface area contributed by atoms with Crippen molar-refractivity contribution in [1.82, 2.24) is 20.1 Å². The minimum absolute atomic E-state index is 0.842. The summed E-state index contributed by atoms with van der Waals surface area (Å²) in [6, 6.07) is 4.13. The lowest BCUT2D eigenvalue weighted by Gasteiger charge is -2.21. The lowest BCUT2D eigenvalue weighted by Crippen LogP contribution is -2.24. The molecule has 0 atom stereocenters. The molecule has 1 N–H and O–H groups in total. The summed E-state index contributed by atoms with van der Waals surface area (Å²) >= 11 is 0. The summed E-state index contributed by atoms with van der Waals surface area (Å²) in [6.45, 7) is 3.86. The van der Waals surface area contributed by atoms with E-state index in [1.807, 2.05) is 31.2 Å². The number of aromatic nitrogens is 3. The highest BCUT2D eigenvalue weighted by Crippen LogP contribution is 2.22. The zero-order valence-electron chi connectivity index (χ0n) is 12.7. The Kier molecular flexibility index (Phi) is 4.74. The molecule has 5 heteroatoms. The fourth-order valence-electron chi connectivity index (χ4n) is 2.50. The Balaban J connectivity index is 2.10. The molecule has 0 radical (unpaired) electrons. The van der Waals surface area contributed by atoms with Crippen LogP contribution in [0.25, 0.3) is 0 Å². The molecule has 0 aliphatic carbocycles. The predicted octanol–water partition coefficient (Wildman–Crippen LogP) is 1.52. The summed E-state index contributed by atoms with van der Waals surface area (Å²) in [6.07, 6.45) is 4.69. The summed E-state index contributed by atoms with van der Waals surface area (Å²) in [5, 5.41) is 7.75. The molecular weight excluding hydrogens is 250 g/mol.